The van der Waals surface area contributed by atoms with Crippen LogP contribution < -0.4 is 9.47 Å². The lowest BCUT2D eigenvalue weighted by Gasteiger charge is -2.23. The monoisotopic (exact) mass is 384 g/mol. The molecular formula is C22H28N2O4. The lowest BCUT2D eigenvalue weighted by molar-refractivity contribution is -0.133. The van der Waals surface area contributed by atoms with E-state index in [0.29, 0.717) is 32.0 Å². The standard InChI is InChI=1S/C22H28N2O4/c1-18(25)24(15-16-28-21-11-9-20(27-3)10-12-21)14-13-22(26)23(2)17-19-7-5-4-6-8-19/h4-12H,13-17H2,1-3H3. The highest BCUT2D eigenvalue weighted by atomic mass is 16.5. The molecule has 0 N–H and O–H groups in total. The molecule has 0 aliphatic carbocycles. The van der Waals surface area contributed by atoms with Crippen molar-refractivity contribution in [1.29, 1.82) is 0 Å². The number of hydrogen-bond acceptors (Lipinski definition) is 4. The highest BCUT2D eigenvalue weighted by Gasteiger charge is 2.14. The second kappa shape index (κ2) is 11.0. The number of methoxy groups -OCH3 is 1. The van der Waals surface area contributed by atoms with Crippen molar-refractivity contribution in [2.24, 2.45) is 0 Å². The quantitative estimate of drug-likeness (QED) is 0.632. The molecule has 0 unspecified atom stereocenters. The largest absolute Gasteiger partial charge is 0.497 e. The second-order valence-electron chi connectivity index (χ2n) is 6.52. The fraction of sp³-hybridized carbons (Fsp3) is 0.364. The maximum Gasteiger partial charge on any atom is 0.224 e. The van der Waals surface area contributed by atoms with Gasteiger partial charge in [-0.1, -0.05) is 30.3 Å². The summed E-state index contributed by atoms with van der Waals surface area (Å²) >= 11 is 0. The Morgan fingerprint density at radius 3 is 2.18 bits per heavy atom. The van der Waals surface area contributed by atoms with Crippen molar-refractivity contribution in [1.82, 2.24) is 9.80 Å². The Morgan fingerprint density at radius 1 is 0.929 bits per heavy atom. The molecule has 0 saturated heterocycles. The smallest absolute Gasteiger partial charge is 0.224 e. The molecule has 0 atom stereocenters. The van der Waals surface area contributed by atoms with Gasteiger partial charge in [-0.05, 0) is 29.8 Å². The minimum absolute atomic E-state index is 0.00572. The van der Waals surface area contributed by atoms with Gasteiger partial charge < -0.3 is 19.3 Å². The van der Waals surface area contributed by atoms with Crippen molar-refractivity contribution in [3.05, 3.63) is 60.2 Å². The fourth-order valence-electron chi connectivity index (χ4n) is 2.74. The van der Waals surface area contributed by atoms with Gasteiger partial charge in [-0.25, -0.2) is 0 Å². The first-order valence-corrected chi connectivity index (χ1v) is 9.30. The summed E-state index contributed by atoms with van der Waals surface area (Å²) in [4.78, 5) is 27.6. The van der Waals surface area contributed by atoms with E-state index in [2.05, 4.69) is 0 Å². The van der Waals surface area contributed by atoms with Crippen molar-refractivity contribution >= 4 is 11.8 Å². The van der Waals surface area contributed by atoms with E-state index in [4.69, 9.17) is 9.47 Å². The highest BCUT2D eigenvalue weighted by Crippen LogP contribution is 2.16. The predicted molar refractivity (Wildman–Crippen MR) is 108 cm³/mol. The lowest BCUT2D eigenvalue weighted by Crippen LogP contribution is -2.36. The van der Waals surface area contributed by atoms with Crippen LogP contribution in [-0.2, 0) is 16.1 Å². The van der Waals surface area contributed by atoms with Crippen LogP contribution in [-0.4, -0.2) is 55.5 Å². The van der Waals surface area contributed by atoms with Gasteiger partial charge in [-0.15, -0.1) is 0 Å². The van der Waals surface area contributed by atoms with Gasteiger partial charge in [0.25, 0.3) is 0 Å². The van der Waals surface area contributed by atoms with Crippen LogP contribution in [0.1, 0.15) is 18.9 Å². The van der Waals surface area contributed by atoms with E-state index in [-0.39, 0.29) is 18.2 Å². The maximum absolute atomic E-state index is 12.4. The Kier molecular flexibility index (Phi) is 8.34. The number of hydrogen-bond donors (Lipinski definition) is 0. The van der Waals surface area contributed by atoms with Crippen molar-refractivity contribution < 1.29 is 19.1 Å². The first-order chi connectivity index (χ1) is 13.5. The Morgan fingerprint density at radius 2 is 1.57 bits per heavy atom. The summed E-state index contributed by atoms with van der Waals surface area (Å²) in [5.41, 5.74) is 1.08. The molecule has 6 heteroatoms. The predicted octanol–water partition coefficient (Wildman–Crippen LogP) is 2.97. The zero-order valence-electron chi connectivity index (χ0n) is 16.8. The van der Waals surface area contributed by atoms with Crippen LogP contribution >= 0.6 is 0 Å². The summed E-state index contributed by atoms with van der Waals surface area (Å²) in [7, 11) is 3.39. The zero-order chi connectivity index (χ0) is 20.4. The third-order valence-corrected chi connectivity index (χ3v) is 4.42. The Labute approximate surface area is 166 Å². The average Bonchev–Trinajstić information content (AvgIpc) is 2.71. The number of rotatable bonds is 10. The lowest BCUT2D eigenvalue weighted by atomic mass is 10.2. The number of ether oxygens (including phenoxy) is 2. The van der Waals surface area contributed by atoms with E-state index in [1.165, 1.54) is 6.92 Å². The first kappa shape index (κ1) is 21.3. The Balaban J connectivity index is 1.76. The van der Waals surface area contributed by atoms with E-state index < -0.39 is 0 Å². The molecule has 0 fully saturated rings. The van der Waals surface area contributed by atoms with E-state index in [1.807, 2.05) is 54.6 Å². The number of carbonyl (C=O) groups is 2. The molecule has 150 valence electrons. The molecule has 0 spiro atoms. The van der Waals surface area contributed by atoms with Crippen LogP contribution in [0, 0.1) is 0 Å². The zero-order valence-corrected chi connectivity index (χ0v) is 16.8. The molecule has 0 heterocycles. The highest BCUT2D eigenvalue weighted by molar-refractivity contribution is 5.78. The van der Waals surface area contributed by atoms with Gasteiger partial charge in [-0.3, -0.25) is 9.59 Å². The summed E-state index contributed by atoms with van der Waals surface area (Å²) in [5.74, 6) is 1.40. The minimum atomic E-state index is -0.0724. The van der Waals surface area contributed by atoms with Crippen molar-refractivity contribution in [2.75, 3.05) is 33.9 Å². The minimum Gasteiger partial charge on any atom is -0.497 e. The van der Waals surface area contributed by atoms with Crippen LogP contribution in [0.15, 0.2) is 54.6 Å². The summed E-state index contributed by atoms with van der Waals surface area (Å²) in [6.07, 6.45) is 0.283. The van der Waals surface area contributed by atoms with Crippen LogP contribution in [0.4, 0.5) is 0 Å². The molecule has 2 rings (SSSR count). The molecule has 0 bridgehead atoms. The summed E-state index contributed by atoms with van der Waals surface area (Å²) < 4.78 is 10.8. The molecule has 0 saturated carbocycles. The number of amides is 2. The average molecular weight is 384 g/mol. The first-order valence-electron chi connectivity index (χ1n) is 9.30. The summed E-state index contributed by atoms with van der Waals surface area (Å²) in [6, 6.07) is 17.1. The molecule has 0 aliphatic heterocycles. The SMILES string of the molecule is COc1ccc(OCCN(CCC(=O)N(C)Cc2ccccc2)C(C)=O)cc1. The maximum atomic E-state index is 12.4. The molecule has 2 amide bonds. The number of nitrogens with zero attached hydrogens (tertiary/aromatic N) is 2. The van der Waals surface area contributed by atoms with Gasteiger partial charge in [0.05, 0.1) is 13.7 Å². The Bertz CT molecular complexity index is 747. The van der Waals surface area contributed by atoms with Gasteiger partial charge >= 0.3 is 0 Å². The Hall–Kier alpha value is -3.02. The molecule has 6 nitrogen and oxygen atoms in total. The fourth-order valence-corrected chi connectivity index (χ4v) is 2.74. The molecule has 2 aromatic carbocycles. The van der Waals surface area contributed by atoms with E-state index >= 15 is 0 Å². The molecule has 0 aromatic heterocycles. The molecular weight excluding hydrogens is 356 g/mol. The van der Waals surface area contributed by atoms with Gasteiger partial charge in [0.15, 0.2) is 0 Å². The van der Waals surface area contributed by atoms with Crippen LogP contribution in [0.3, 0.4) is 0 Å². The van der Waals surface area contributed by atoms with E-state index in [0.717, 1.165) is 11.3 Å². The number of carbonyl (C=O) groups excluding carboxylic acids is 2. The van der Waals surface area contributed by atoms with Gasteiger partial charge in [0.1, 0.15) is 18.1 Å². The van der Waals surface area contributed by atoms with E-state index in [9.17, 15) is 9.59 Å². The normalized spacial score (nSPS) is 10.2. The summed E-state index contributed by atoms with van der Waals surface area (Å²) in [6.45, 7) is 3.22. The molecule has 2 aromatic rings. The van der Waals surface area contributed by atoms with Gasteiger partial charge in [0.2, 0.25) is 11.8 Å². The van der Waals surface area contributed by atoms with Gasteiger partial charge in [-0.2, -0.15) is 0 Å². The summed E-state index contributed by atoms with van der Waals surface area (Å²) in [5, 5.41) is 0. The van der Waals surface area contributed by atoms with Crippen molar-refractivity contribution in [2.45, 2.75) is 19.9 Å². The van der Waals surface area contributed by atoms with Gasteiger partial charge in [0, 0.05) is 33.5 Å². The molecule has 0 aliphatic rings. The van der Waals surface area contributed by atoms with Crippen molar-refractivity contribution in [3.63, 3.8) is 0 Å². The van der Waals surface area contributed by atoms with Crippen LogP contribution in [0.5, 0.6) is 11.5 Å². The third kappa shape index (κ3) is 6.95. The second-order valence-corrected chi connectivity index (χ2v) is 6.52. The molecule has 28 heavy (non-hydrogen) atoms. The molecule has 0 radical (unpaired) electrons. The van der Waals surface area contributed by atoms with Crippen LogP contribution in [0.2, 0.25) is 0 Å². The van der Waals surface area contributed by atoms with Crippen LogP contribution in [0.25, 0.3) is 0 Å². The third-order valence-electron chi connectivity index (χ3n) is 4.42. The van der Waals surface area contributed by atoms with Crippen molar-refractivity contribution in [3.8, 4) is 11.5 Å². The van der Waals surface area contributed by atoms with E-state index in [1.54, 1.807) is 24.0 Å². The number of benzene rings is 2. The topological polar surface area (TPSA) is 59.1 Å².